The van der Waals surface area contributed by atoms with E-state index in [0.717, 1.165) is 0 Å². The molecule has 1 aromatic heterocycles. The number of nitrogens with two attached hydrogens (primary N) is 1. The van der Waals surface area contributed by atoms with Crippen LogP contribution in [0, 0.1) is 0 Å². The summed E-state index contributed by atoms with van der Waals surface area (Å²) in [6.07, 6.45) is 2.68. The molecule has 1 radical (unpaired) electrons. The van der Waals surface area contributed by atoms with Gasteiger partial charge >= 0.3 is 5.88 Å². The molecule has 0 aliphatic carbocycles. The Morgan fingerprint density at radius 2 is 2.00 bits per heavy atom. The van der Waals surface area contributed by atoms with Gasteiger partial charge in [-0.3, -0.25) is 5.11 Å². The Morgan fingerprint density at radius 1 is 1.38 bits per heavy atom. The van der Waals surface area contributed by atoms with Crippen LogP contribution in [0.15, 0.2) is 12.4 Å². The normalized spacial score (nSPS) is 9.00. The summed E-state index contributed by atoms with van der Waals surface area (Å²) in [7, 11) is 0. The van der Waals surface area contributed by atoms with Crippen molar-refractivity contribution in [2.24, 2.45) is 0 Å². The van der Waals surface area contributed by atoms with Gasteiger partial charge in [-0.25, -0.2) is 9.97 Å². The van der Waals surface area contributed by atoms with Crippen molar-refractivity contribution >= 4 is 5.82 Å². The molecule has 4 heteroatoms. The van der Waals surface area contributed by atoms with Crippen molar-refractivity contribution in [3.8, 4) is 5.88 Å². The summed E-state index contributed by atoms with van der Waals surface area (Å²) in [5, 5.41) is 10.3. The second-order valence-electron chi connectivity index (χ2n) is 1.25. The van der Waals surface area contributed by atoms with E-state index in [2.05, 4.69) is 9.97 Å². The van der Waals surface area contributed by atoms with Gasteiger partial charge in [0.2, 0.25) is 0 Å². The lowest BCUT2D eigenvalue weighted by Gasteiger charge is -1.86. The van der Waals surface area contributed by atoms with Crippen molar-refractivity contribution in [1.29, 1.82) is 0 Å². The zero-order chi connectivity index (χ0) is 5.98. The lowest BCUT2D eigenvalue weighted by molar-refractivity contribution is 0.338. The van der Waals surface area contributed by atoms with Gasteiger partial charge in [-0.05, 0) is 0 Å². The molecule has 0 saturated carbocycles. The van der Waals surface area contributed by atoms with Crippen molar-refractivity contribution in [1.82, 2.24) is 9.97 Å². The smallest absolute Gasteiger partial charge is 0.312 e. The first kappa shape index (κ1) is 4.83. The van der Waals surface area contributed by atoms with Gasteiger partial charge in [-0.15, -0.1) is 0 Å². The third-order valence-corrected chi connectivity index (χ3v) is 0.691. The van der Waals surface area contributed by atoms with Crippen molar-refractivity contribution in [3.05, 3.63) is 12.4 Å². The largest absolute Gasteiger partial charge is 0.379 e. The maximum Gasteiger partial charge on any atom is 0.312 e. The molecule has 1 aromatic rings. The van der Waals surface area contributed by atoms with Gasteiger partial charge in [0.25, 0.3) is 0 Å². The predicted octanol–water partition coefficient (Wildman–Crippen LogP) is 0.203. The van der Waals surface area contributed by atoms with Gasteiger partial charge in [-0.1, -0.05) is 0 Å². The number of rotatable bonds is 0. The molecule has 0 aliphatic heterocycles. The van der Waals surface area contributed by atoms with E-state index in [-0.39, 0.29) is 5.82 Å². The second-order valence-corrected chi connectivity index (χ2v) is 1.25. The fourth-order valence-electron chi connectivity index (χ4n) is 0.336. The van der Waals surface area contributed by atoms with Crippen LogP contribution in [0.3, 0.4) is 0 Å². The van der Waals surface area contributed by atoms with Crippen LogP contribution in [0.4, 0.5) is 5.82 Å². The van der Waals surface area contributed by atoms with E-state index in [9.17, 15) is 5.11 Å². The highest BCUT2D eigenvalue weighted by Crippen LogP contribution is 2.09. The van der Waals surface area contributed by atoms with Crippen molar-refractivity contribution < 1.29 is 5.11 Å². The molecule has 0 amide bonds. The average molecular weight is 110 g/mol. The molecule has 0 spiro atoms. The van der Waals surface area contributed by atoms with Gasteiger partial charge < -0.3 is 5.73 Å². The molecule has 0 bridgehead atoms. The maximum atomic E-state index is 10.3. The van der Waals surface area contributed by atoms with Crippen LogP contribution in [0.1, 0.15) is 0 Å². The number of aromatic nitrogens is 2. The molecule has 0 fully saturated rings. The molecule has 41 valence electrons. The quantitative estimate of drug-likeness (QED) is 0.518. The van der Waals surface area contributed by atoms with E-state index in [1.165, 1.54) is 12.4 Å². The molecular formula is C4H4N3O. The average Bonchev–Trinajstić information content (AvgIpc) is 1.77. The summed E-state index contributed by atoms with van der Waals surface area (Å²) < 4.78 is 0. The topological polar surface area (TPSA) is 71.7 Å². The van der Waals surface area contributed by atoms with Crippen LogP contribution < -0.4 is 5.73 Å². The molecule has 1 heterocycles. The van der Waals surface area contributed by atoms with E-state index in [4.69, 9.17) is 5.73 Å². The standard InChI is InChI=1S/C4H4N3O/c5-3-4(8)7-2-1-6-3/h1-2H,(H2,5,6). The van der Waals surface area contributed by atoms with Gasteiger partial charge in [0, 0.05) is 12.4 Å². The van der Waals surface area contributed by atoms with E-state index in [1.54, 1.807) is 0 Å². The first-order valence-corrected chi connectivity index (χ1v) is 2.04. The highest BCUT2D eigenvalue weighted by atomic mass is 16.3. The van der Waals surface area contributed by atoms with Crippen LogP contribution in [0.25, 0.3) is 0 Å². The van der Waals surface area contributed by atoms with E-state index >= 15 is 0 Å². The van der Waals surface area contributed by atoms with Crippen molar-refractivity contribution in [2.75, 3.05) is 5.73 Å². The van der Waals surface area contributed by atoms with Gasteiger partial charge in [-0.2, -0.15) is 0 Å². The molecular weight excluding hydrogens is 106 g/mol. The Morgan fingerprint density at radius 3 is 2.38 bits per heavy atom. The third-order valence-electron chi connectivity index (χ3n) is 0.691. The number of anilines is 1. The Bertz CT molecular complexity index is 167. The van der Waals surface area contributed by atoms with Crippen LogP contribution >= 0.6 is 0 Å². The Labute approximate surface area is 46.0 Å². The summed E-state index contributed by atoms with van der Waals surface area (Å²) in [5.41, 5.74) is 5.03. The highest BCUT2D eigenvalue weighted by molar-refractivity contribution is 5.36. The van der Waals surface area contributed by atoms with Gasteiger partial charge in [0.15, 0.2) is 5.82 Å². The van der Waals surface area contributed by atoms with Crippen LogP contribution in [-0.2, 0) is 5.11 Å². The van der Waals surface area contributed by atoms with Crippen molar-refractivity contribution in [3.63, 3.8) is 0 Å². The van der Waals surface area contributed by atoms with E-state index in [1.807, 2.05) is 0 Å². The molecule has 0 aromatic carbocycles. The number of nitrogens with zero attached hydrogens (tertiary/aromatic N) is 2. The Balaban J connectivity index is 3.13. The minimum Gasteiger partial charge on any atom is -0.379 e. The highest BCUT2D eigenvalue weighted by Gasteiger charge is 1.95. The fraction of sp³-hybridized carbons (Fsp3) is 0. The first-order chi connectivity index (χ1) is 3.80. The minimum absolute atomic E-state index is 0.0486. The summed E-state index contributed by atoms with van der Waals surface area (Å²) in [4.78, 5) is 6.82. The monoisotopic (exact) mass is 110 g/mol. The Hall–Kier alpha value is -1.32. The molecule has 0 unspecified atom stereocenters. The molecule has 0 aliphatic rings. The predicted molar refractivity (Wildman–Crippen MR) is 26.6 cm³/mol. The van der Waals surface area contributed by atoms with E-state index < -0.39 is 5.88 Å². The lowest BCUT2D eigenvalue weighted by atomic mass is 10.6. The molecule has 2 N–H and O–H groups in total. The minimum atomic E-state index is -0.465. The van der Waals surface area contributed by atoms with Crippen LogP contribution in [0.5, 0.6) is 5.88 Å². The van der Waals surface area contributed by atoms with Gasteiger partial charge in [0.05, 0.1) is 0 Å². The number of hydrogen-bond donors (Lipinski definition) is 1. The molecule has 4 nitrogen and oxygen atoms in total. The van der Waals surface area contributed by atoms with Crippen molar-refractivity contribution in [2.45, 2.75) is 0 Å². The lowest BCUT2D eigenvalue weighted by Crippen LogP contribution is -1.89. The zero-order valence-electron chi connectivity index (χ0n) is 4.03. The second kappa shape index (κ2) is 1.65. The SMILES string of the molecule is Nc1nccnc1[O]. The molecule has 0 saturated heterocycles. The van der Waals surface area contributed by atoms with Gasteiger partial charge in [0.1, 0.15) is 0 Å². The van der Waals surface area contributed by atoms with Crippen LogP contribution in [-0.4, -0.2) is 9.97 Å². The van der Waals surface area contributed by atoms with Crippen LogP contribution in [0.2, 0.25) is 0 Å². The summed E-state index contributed by atoms with van der Waals surface area (Å²) in [5.74, 6) is -0.514. The maximum absolute atomic E-state index is 10.3. The Kier molecular flexibility index (Phi) is 0.997. The summed E-state index contributed by atoms with van der Waals surface area (Å²) >= 11 is 0. The molecule has 0 atom stereocenters. The number of nitrogen functional groups attached to an aromatic ring is 1. The summed E-state index contributed by atoms with van der Waals surface area (Å²) in [6, 6.07) is 0. The fourth-order valence-corrected chi connectivity index (χ4v) is 0.336. The number of hydrogen-bond acceptors (Lipinski definition) is 3. The molecule has 1 rings (SSSR count). The first-order valence-electron chi connectivity index (χ1n) is 2.04. The molecule has 8 heavy (non-hydrogen) atoms. The third kappa shape index (κ3) is 0.676. The zero-order valence-corrected chi connectivity index (χ0v) is 4.03. The summed E-state index contributed by atoms with van der Waals surface area (Å²) in [6.45, 7) is 0. The van der Waals surface area contributed by atoms with E-state index in [0.29, 0.717) is 0 Å².